The molecule has 1 atom stereocenters. The second-order valence-corrected chi connectivity index (χ2v) is 6.26. The summed E-state index contributed by atoms with van der Waals surface area (Å²) < 4.78 is 0. The molecule has 0 spiro atoms. The maximum absolute atomic E-state index is 12.2. The zero-order valence-corrected chi connectivity index (χ0v) is 13.7. The first-order chi connectivity index (χ1) is 10.2. The summed E-state index contributed by atoms with van der Waals surface area (Å²) in [5.41, 5.74) is 0.542. The highest BCUT2D eigenvalue weighted by molar-refractivity contribution is 5.86. The van der Waals surface area contributed by atoms with Gasteiger partial charge in [-0.25, -0.2) is 0 Å². The molecule has 2 N–H and O–H groups in total. The Balaban J connectivity index is 2.48. The highest BCUT2D eigenvalue weighted by Crippen LogP contribution is 2.17. The number of carbonyl (C=O) groups excluding carboxylic acids is 1. The number of hydrogen-bond acceptors (Lipinski definition) is 4. The normalized spacial score (nSPS) is 13.0. The summed E-state index contributed by atoms with van der Waals surface area (Å²) in [6.07, 6.45) is 4.41. The molecule has 1 aromatic rings. The number of rotatable bonds is 8. The Morgan fingerprint density at radius 1 is 1.36 bits per heavy atom. The molecule has 0 aliphatic carbocycles. The number of nitrogens with one attached hydrogen (secondary N) is 1. The van der Waals surface area contributed by atoms with Gasteiger partial charge in [0.15, 0.2) is 0 Å². The van der Waals surface area contributed by atoms with Crippen LogP contribution < -0.4 is 5.32 Å². The predicted octanol–water partition coefficient (Wildman–Crippen LogP) is 1.17. The average molecular weight is 307 g/mol. The first kappa shape index (κ1) is 18.1. The highest BCUT2D eigenvalue weighted by Gasteiger charge is 2.31. The molecule has 1 rings (SSSR count). The number of pyridine rings is 1. The van der Waals surface area contributed by atoms with Crippen LogP contribution in [0, 0.1) is 5.41 Å². The van der Waals surface area contributed by atoms with Crippen LogP contribution in [0.25, 0.3) is 0 Å². The van der Waals surface area contributed by atoms with Crippen molar-refractivity contribution in [2.45, 2.75) is 33.2 Å². The Labute approximate surface area is 131 Å². The molecule has 0 bridgehead atoms. The van der Waals surface area contributed by atoms with E-state index < -0.39 is 17.4 Å². The second-order valence-electron chi connectivity index (χ2n) is 6.26. The van der Waals surface area contributed by atoms with E-state index in [1.165, 1.54) is 12.5 Å². The lowest BCUT2D eigenvalue weighted by atomic mass is 9.91. The summed E-state index contributed by atoms with van der Waals surface area (Å²) in [4.78, 5) is 29.1. The molecule has 0 aromatic carbocycles. The van der Waals surface area contributed by atoms with Gasteiger partial charge in [-0.3, -0.25) is 14.6 Å². The molecule has 1 aromatic heterocycles. The molecule has 0 aliphatic rings. The lowest BCUT2D eigenvalue weighted by Gasteiger charge is -2.30. The van der Waals surface area contributed by atoms with Crippen molar-refractivity contribution < 1.29 is 14.7 Å². The van der Waals surface area contributed by atoms with Gasteiger partial charge in [-0.15, -0.1) is 0 Å². The summed E-state index contributed by atoms with van der Waals surface area (Å²) in [7, 11) is 1.96. The van der Waals surface area contributed by atoms with Crippen molar-refractivity contribution in [3.05, 3.63) is 30.1 Å². The zero-order chi connectivity index (χ0) is 16.8. The molecule has 22 heavy (non-hydrogen) atoms. The Morgan fingerprint density at radius 2 is 1.95 bits per heavy atom. The van der Waals surface area contributed by atoms with E-state index in [1.807, 2.05) is 33.0 Å². The summed E-state index contributed by atoms with van der Waals surface area (Å²) in [5, 5.41) is 11.4. The fourth-order valence-corrected chi connectivity index (χ4v) is 2.15. The molecule has 1 amide bonds. The fourth-order valence-electron chi connectivity index (χ4n) is 2.15. The molecular weight excluding hydrogens is 282 g/mol. The minimum Gasteiger partial charge on any atom is -0.480 e. The van der Waals surface area contributed by atoms with Crippen LogP contribution in [0.2, 0.25) is 0 Å². The maximum Gasteiger partial charge on any atom is 0.325 e. The number of hydrogen-bond donors (Lipinski definition) is 2. The van der Waals surface area contributed by atoms with Gasteiger partial charge in [-0.1, -0.05) is 0 Å². The Morgan fingerprint density at radius 3 is 2.50 bits per heavy atom. The number of carbonyl (C=O) groups is 2. The summed E-state index contributed by atoms with van der Waals surface area (Å²) in [5.74, 6) is -1.28. The van der Waals surface area contributed by atoms with E-state index in [0.717, 1.165) is 13.0 Å². The van der Waals surface area contributed by atoms with E-state index in [2.05, 4.69) is 15.2 Å². The fraction of sp³-hybridized carbons (Fsp3) is 0.562. The van der Waals surface area contributed by atoms with Crippen molar-refractivity contribution in [1.82, 2.24) is 15.2 Å². The van der Waals surface area contributed by atoms with E-state index >= 15 is 0 Å². The van der Waals surface area contributed by atoms with Gasteiger partial charge in [-0.05, 0) is 51.9 Å². The Bertz CT molecular complexity index is 503. The number of aliphatic carboxylic acids is 1. The average Bonchev–Trinajstić information content (AvgIpc) is 2.45. The minimum atomic E-state index is -1.03. The molecule has 6 nitrogen and oxygen atoms in total. The van der Waals surface area contributed by atoms with E-state index in [-0.39, 0.29) is 5.91 Å². The van der Waals surface area contributed by atoms with Crippen molar-refractivity contribution in [3.8, 4) is 0 Å². The van der Waals surface area contributed by atoms with Gasteiger partial charge in [0.05, 0.1) is 5.41 Å². The van der Waals surface area contributed by atoms with Crippen molar-refractivity contribution in [3.63, 3.8) is 0 Å². The quantitative estimate of drug-likeness (QED) is 0.753. The Hall–Kier alpha value is -1.95. The number of amides is 1. The number of aromatic nitrogens is 1. The SMILES string of the molecule is CC(NC(=O)C(C)(C)CN(C)CCc1ccncc1)C(=O)O. The minimum absolute atomic E-state index is 0.252. The molecule has 1 heterocycles. The molecule has 1 unspecified atom stereocenters. The Kier molecular flexibility index (Phi) is 6.49. The van der Waals surface area contributed by atoms with Gasteiger partial charge in [0.1, 0.15) is 6.04 Å². The smallest absolute Gasteiger partial charge is 0.325 e. The van der Waals surface area contributed by atoms with E-state index in [4.69, 9.17) is 5.11 Å². The first-order valence-corrected chi connectivity index (χ1v) is 7.33. The molecule has 122 valence electrons. The lowest BCUT2D eigenvalue weighted by molar-refractivity contribution is -0.143. The second kappa shape index (κ2) is 7.89. The predicted molar refractivity (Wildman–Crippen MR) is 84.5 cm³/mol. The van der Waals surface area contributed by atoms with Crippen LogP contribution in [0.15, 0.2) is 24.5 Å². The first-order valence-electron chi connectivity index (χ1n) is 7.33. The van der Waals surface area contributed by atoms with Crippen LogP contribution in [-0.2, 0) is 16.0 Å². The molecule has 6 heteroatoms. The molecule has 0 fully saturated rings. The van der Waals surface area contributed by atoms with Gasteiger partial charge in [0, 0.05) is 25.5 Å². The van der Waals surface area contributed by atoms with E-state index in [9.17, 15) is 9.59 Å². The summed E-state index contributed by atoms with van der Waals surface area (Å²) in [6.45, 7) is 6.47. The summed E-state index contributed by atoms with van der Waals surface area (Å²) >= 11 is 0. The van der Waals surface area contributed by atoms with Crippen LogP contribution in [0.3, 0.4) is 0 Å². The van der Waals surface area contributed by atoms with Gasteiger partial charge in [-0.2, -0.15) is 0 Å². The zero-order valence-electron chi connectivity index (χ0n) is 13.7. The van der Waals surface area contributed by atoms with Crippen LogP contribution in [-0.4, -0.2) is 53.0 Å². The van der Waals surface area contributed by atoms with Crippen molar-refractivity contribution >= 4 is 11.9 Å². The standard InChI is InChI=1S/C16H25N3O3/c1-12(14(20)21)18-15(22)16(2,3)11-19(4)10-7-13-5-8-17-9-6-13/h5-6,8-9,12H,7,10-11H2,1-4H3,(H,18,22)(H,20,21). The topological polar surface area (TPSA) is 82.5 Å². The van der Waals surface area contributed by atoms with Crippen LogP contribution in [0.4, 0.5) is 0 Å². The van der Waals surface area contributed by atoms with Crippen LogP contribution in [0.1, 0.15) is 26.3 Å². The van der Waals surface area contributed by atoms with Gasteiger partial charge >= 0.3 is 5.97 Å². The number of carboxylic acid groups (broad SMARTS) is 1. The summed E-state index contributed by atoms with van der Waals surface area (Å²) in [6, 6.07) is 3.06. The van der Waals surface area contributed by atoms with Crippen molar-refractivity contribution in [2.24, 2.45) is 5.41 Å². The van der Waals surface area contributed by atoms with Crippen LogP contribution in [0.5, 0.6) is 0 Å². The van der Waals surface area contributed by atoms with E-state index in [1.54, 1.807) is 12.4 Å². The monoisotopic (exact) mass is 307 g/mol. The van der Waals surface area contributed by atoms with Crippen molar-refractivity contribution in [2.75, 3.05) is 20.1 Å². The number of nitrogens with zero attached hydrogens (tertiary/aromatic N) is 2. The lowest BCUT2D eigenvalue weighted by Crippen LogP contribution is -2.49. The van der Waals surface area contributed by atoms with Gasteiger partial charge < -0.3 is 15.3 Å². The molecule has 0 radical (unpaired) electrons. The third kappa shape index (κ3) is 5.81. The van der Waals surface area contributed by atoms with Crippen molar-refractivity contribution in [1.29, 1.82) is 0 Å². The van der Waals surface area contributed by atoms with Gasteiger partial charge in [0.25, 0.3) is 0 Å². The molecule has 0 saturated carbocycles. The molecule has 0 saturated heterocycles. The van der Waals surface area contributed by atoms with Gasteiger partial charge in [0.2, 0.25) is 5.91 Å². The number of likely N-dealkylation sites (N-methyl/N-ethyl adjacent to an activating group) is 1. The third-order valence-corrected chi connectivity index (χ3v) is 3.53. The van der Waals surface area contributed by atoms with E-state index in [0.29, 0.717) is 6.54 Å². The highest BCUT2D eigenvalue weighted by atomic mass is 16.4. The third-order valence-electron chi connectivity index (χ3n) is 3.53. The largest absolute Gasteiger partial charge is 0.480 e. The maximum atomic E-state index is 12.2. The van der Waals surface area contributed by atoms with Crippen LogP contribution >= 0.6 is 0 Å². The molecular formula is C16H25N3O3. The molecule has 0 aliphatic heterocycles. The number of carboxylic acids is 1.